The Morgan fingerprint density at radius 3 is 2.94 bits per heavy atom. The van der Waals surface area contributed by atoms with E-state index in [-0.39, 0.29) is 0 Å². The minimum Gasteiger partial charge on any atom is -0.382 e. The van der Waals surface area contributed by atoms with Crippen LogP contribution >= 0.6 is 0 Å². The fourth-order valence-electron chi connectivity index (χ4n) is 1.78. The summed E-state index contributed by atoms with van der Waals surface area (Å²) in [5.74, 6) is 0.524. The highest BCUT2D eigenvalue weighted by Gasteiger charge is 2.06. The van der Waals surface area contributed by atoms with Crippen molar-refractivity contribution in [3.63, 3.8) is 0 Å². The van der Waals surface area contributed by atoms with E-state index in [1.54, 1.807) is 12.4 Å². The monoisotopic (exact) mass is 210 g/mol. The van der Waals surface area contributed by atoms with Crippen LogP contribution in [0.25, 0.3) is 16.8 Å². The summed E-state index contributed by atoms with van der Waals surface area (Å²) >= 11 is 0. The van der Waals surface area contributed by atoms with Gasteiger partial charge in [0.25, 0.3) is 0 Å². The van der Waals surface area contributed by atoms with Crippen molar-refractivity contribution in [3.05, 3.63) is 49.1 Å². The Balaban J connectivity index is 2.31. The van der Waals surface area contributed by atoms with Gasteiger partial charge in [0, 0.05) is 29.7 Å². The highest BCUT2D eigenvalue weighted by atomic mass is 15.0. The standard InChI is InChI=1S/C12H10N4/c13-11-8-16-6-2-4-10(12(16)15-11)9-3-1-5-14-7-9/h1-8H,13H2. The third kappa shape index (κ3) is 1.32. The fourth-order valence-corrected chi connectivity index (χ4v) is 1.78. The van der Waals surface area contributed by atoms with Crippen LogP contribution in [-0.2, 0) is 0 Å². The molecule has 4 nitrogen and oxygen atoms in total. The second-order valence-electron chi connectivity index (χ2n) is 3.56. The number of nitrogens with zero attached hydrogens (tertiary/aromatic N) is 3. The number of pyridine rings is 2. The van der Waals surface area contributed by atoms with Gasteiger partial charge in [-0.25, -0.2) is 4.98 Å². The molecule has 0 aromatic carbocycles. The molecule has 0 unspecified atom stereocenters. The molecule has 3 aromatic rings. The maximum Gasteiger partial charge on any atom is 0.147 e. The average molecular weight is 210 g/mol. The molecule has 0 fully saturated rings. The lowest BCUT2D eigenvalue weighted by Crippen LogP contribution is -1.87. The van der Waals surface area contributed by atoms with Crippen LogP contribution in [0.15, 0.2) is 49.1 Å². The van der Waals surface area contributed by atoms with Crippen LogP contribution in [0.5, 0.6) is 0 Å². The third-order valence-corrected chi connectivity index (χ3v) is 2.47. The molecular weight excluding hydrogens is 200 g/mol. The number of aromatic nitrogens is 3. The largest absolute Gasteiger partial charge is 0.382 e. The Labute approximate surface area is 92.4 Å². The molecule has 0 radical (unpaired) electrons. The molecule has 16 heavy (non-hydrogen) atoms. The van der Waals surface area contributed by atoms with Gasteiger partial charge >= 0.3 is 0 Å². The fraction of sp³-hybridized carbons (Fsp3) is 0. The molecule has 0 amide bonds. The molecule has 4 heteroatoms. The zero-order chi connectivity index (χ0) is 11.0. The Bertz CT molecular complexity index is 628. The predicted octanol–water partition coefficient (Wildman–Crippen LogP) is 1.98. The SMILES string of the molecule is Nc1cn2cccc(-c3cccnc3)c2n1. The van der Waals surface area contributed by atoms with Crippen LogP contribution in [0, 0.1) is 0 Å². The molecule has 0 bridgehead atoms. The van der Waals surface area contributed by atoms with Gasteiger partial charge in [-0.1, -0.05) is 6.07 Å². The molecule has 0 aliphatic carbocycles. The molecule has 0 spiro atoms. The second-order valence-corrected chi connectivity index (χ2v) is 3.56. The summed E-state index contributed by atoms with van der Waals surface area (Å²) in [6.07, 6.45) is 7.30. The van der Waals surface area contributed by atoms with Crippen LogP contribution in [0.2, 0.25) is 0 Å². The Morgan fingerprint density at radius 1 is 1.19 bits per heavy atom. The molecule has 2 N–H and O–H groups in total. The predicted molar refractivity (Wildman–Crippen MR) is 62.8 cm³/mol. The van der Waals surface area contributed by atoms with E-state index >= 15 is 0 Å². The van der Waals surface area contributed by atoms with Crippen molar-refractivity contribution in [3.8, 4) is 11.1 Å². The summed E-state index contributed by atoms with van der Waals surface area (Å²) in [7, 11) is 0. The number of hydrogen-bond donors (Lipinski definition) is 1. The zero-order valence-electron chi connectivity index (χ0n) is 8.54. The van der Waals surface area contributed by atoms with Gasteiger partial charge in [-0.3, -0.25) is 4.98 Å². The maximum absolute atomic E-state index is 5.69. The molecule has 0 saturated heterocycles. The summed E-state index contributed by atoms with van der Waals surface area (Å²) in [6, 6.07) is 7.90. The van der Waals surface area contributed by atoms with Gasteiger partial charge < -0.3 is 10.1 Å². The van der Waals surface area contributed by atoms with E-state index in [1.807, 2.05) is 41.1 Å². The van der Waals surface area contributed by atoms with E-state index in [9.17, 15) is 0 Å². The normalized spacial score (nSPS) is 10.8. The Kier molecular flexibility index (Phi) is 1.86. The number of imidazole rings is 1. The first-order valence-electron chi connectivity index (χ1n) is 4.98. The van der Waals surface area contributed by atoms with Crippen molar-refractivity contribution in [1.29, 1.82) is 0 Å². The van der Waals surface area contributed by atoms with Gasteiger partial charge in [0.2, 0.25) is 0 Å². The first kappa shape index (κ1) is 8.91. The van der Waals surface area contributed by atoms with Crippen molar-refractivity contribution >= 4 is 11.5 Å². The molecule has 78 valence electrons. The molecule has 3 rings (SSSR count). The van der Waals surface area contributed by atoms with Gasteiger partial charge in [0.05, 0.1) is 6.20 Å². The summed E-state index contributed by atoms with van der Waals surface area (Å²) in [6.45, 7) is 0. The molecule has 3 heterocycles. The van der Waals surface area contributed by atoms with Crippen LogP contribution in [-0.4, -0.2) is 14.4 Å². The van der Waals surface area contributed by atoms with Crippen LogP contribution in [0.3, 0.4) is 0 Å². The second kappa shape index (κ2) is 3.34. The van der Waals surface area contributed by atoms with Crippen LogP contribution < -0.4 is 5.73 Å². The zero-order valence-corrected chi connectivity index (χ0v) is 8.54. The van der Waals surface area contributed by atoms with E-state index in [0.29, 0.717) is 5.82 Å². The van der Waals surface area contributed by atoms with E-state index < -0.39 is 0 Å². The topological polar surface area (TPSA) is 56.2 Å². The van der Waals surface area contributed by atoms with Crippen LogP contribution in [0.4, 0.5) is 5.82 Å². The Hall–Kier alpha value is -2.36. The number of hydrogen-bond acceptors (Lipinski definition) is 3. The minimum absolute atomic E-state index is 0.524. The van der Waals surface area contributed by atoms with Crippen LogP contribution in [0.1, 0.15) is 0 Å². The van der Waals surface area contributed by atoms with E-state index in [4.69, 9.17) is 5.73 Å². The van der Waals surface area contributed by atoms with Gasteiger partial charge in [0.15, 0.2) is 0 Å². The van der Waals surface area contributed by atoms with Crippen molar-refractivity contribution in [2.24, 2.45) is 0 Å². The maximum atomic E-state index is 5.69. The smallest absolute Gasteiger partial charge is 0.147 e. The van der Waals surface area contributed by atoms with Crippen molar-refractivity contribution in [2.75, 3.05) is 5.73 Å². The number of nitrogens with two attached hydrogens (primary N) is 1. The molecule has 0 aliphatic heterocycles. The summed E-state index contributed by atoms with van der Waals surface area (Å²) in [5, 5.41) is 0. The van der Waals surface area contributed by atoms with Crippen molar-refractivity contribution < 1.29 is 0 Å². The number of rotatable bonds is 1. The van der Waals surface area contributed by atoms with E-state index in [0.717, 1.165) is 16.8 Å². The summed E-state index contributed by atoms with van der Waals surface area (Å²) < 4.78 is 1.91. The quantitative estimate of drug-likeness (QED) is 0.668. The van der Waals surface area contributed by atoms with E-state index in [1.165, 1.54) is 0 Å². The molecular formula is C12H10N4. The Morgan fingerprint density at radius 2 is 2.12 bits per heavy atom. The van der Waals surface area contributed by atoms with Gasteiger partial charge in [0.1, 0.15) is 11.5 Å². The molecule has 3 aromatic heterocycles. The average Bonchev–Trinajstić information content (AvgIpc) is 2.70. The van der Waals surface area contributed by atoms with Crippen molar-refractivity contribution in [2.45, 2.75) is 0 Å². The highest BCUT2D eigenvalue weighted by Crippen LogP contribution is 2.23. The molecule has 0 atom stereocenters. The molecule has 0 aliphatic rings. The summed E-state index contributed by atoms with van der Waals surface area (Å²) in [5.41, 5.74) is 8.62. The number of fused-ring (bicyclic) bond motifs is 1. The number of nitrogen functional groups attached to an aromatic ring is 1. The van der Waals surface area contributed by atoms with Gasteiger partial charge in [-0.05, 0) is 18.2 Å². The molecule has 0 saturated carbocycles. The first-order valence-corrected chi connectivity index (χ1v) is 4.98. The first-order chi connectivity index (χ1) is 7.84. The van der Waals surface area contributed by atoms with Gasteiger partial charge in [-0.2, -0.15) is 0 Å². The lowest BCUT2D eigenvalue weighted by molar-refractivity contribution is 1.19. The van der Waals surface area contributed by atoms with Gasteiger partial charge in [-0.15, -0.1) is 0 Å². The highest BCUT2D eigenvalue weighted by molar-refractivity contribution is 5.77. The summed E-state index contributed by atoms with van der Waals surface area (Å²) in [4.78, 5) is 8.41. The third-order valence-electron chi connectivity index (χ3n) is 2.47. The lowest BCUT2D eigenvalue weighted by Gasteiger charge is -2.02. The minimum atomic E-state index is 0.524. The van der Waals surface area contributed by atoms with E-state index in [2.05, 4.69) is 9.97 Å². The van der Waals surface area contributed by atoms with Crippen molar-refractivity contribution in [1.82, 2.24) is 14.4 Å². The lowest BCUT2D eigenvalue weighted by atomic mass is 10.1. The number of anilines is 1.